The van der Waals surface area contributed by atoms with Gasteiger partial charge in [-0.05, 0) is 52.9 Å². The van der Waals surface area contributed by atoms with Gasteiger partial charge in [0.05, 0.1) is 0 Å². The predicted octanol–water partition coefficient (Wildman–Crippen LogP) is 4.26. The first kappa shape index (κ1) is 13.3. The van der Waals surface area contributed by atoms with Crippen molar-refractivity contribution >= 4 is 11.6 Å². The molecule has 0 aliphatic heterocycles. The summed E-state index contributed by atoms with van der Waals surface area (Å²) in [5.41, 5.74) is 4.95. The van der Waals surface area contributed by atoms with Crippen LogP contribution in [0.4, 0.5) is 0 Å². The van der Waals surface area contributed by atoms with Gasteiger partial charge in [-0.3, -0.25) is 9.97 Å². The van der Waals surface area contributed by atoms with E-state index in [1.54, 1.807) is 0 Å². The van der Waals surface area contributed by atoms with Crippen LogP contribution in [0.3, 0.4) is 0 Å². The standard InChI is InChI=1S/C19H16N2/c1-2-4-18(5-3-1)19(14-16-6-10-20-11-7-16)15-17-8-12-21-13-9-17/h1-14H,15H2. The van der Waals surface area contributed by atoms with E-state index in [0.717, 1.165) is 12.0 Å². The molecule has 2 heteroatoms. The monoisotopic (exact) mass is 272 g/mol. The molecule has 0 saturated heterocycles. The summed E-state index contributed by atoms with van der Waals surface area (Å²) in [5, 5.41) is 0. The highest BCUT2D eigenvalue weighted by atomic mass is 14.6. The van der Waals surface area contributed by atoms with Gasteiger partial charge < -0.3 is 0 Å². The first-order valence-electron chi connectivity index (χ1n) is 6.97. The summed E-state index contributed by atoms with van der Waals surface area (Å²) in [4.78, 5) is 8.15. The number of aromatic nitrogens is 2. The first-order chi connectivity index (χ1) is 10.4. The highest BCUT2D eigenvalue weighted by molar-refractivity contribution is 5.82. The molecule has 1 aromatic carbocycles. The second kappa shape index (κ2) is 6.62. The van der Waals surface area contributed by atoms with Crippen molar-refractivity contribution in [3.63, 3.8) is 0 Å². The van der Waals surface area contributed by atoms with Crippen LogP contribution in [0.1, 0.15) is 16.7 Å². The Labute approximate surface area is 124 Å². The highest BCUT2D eigenvalue weighted by Gasteiger charge is 2.03. The van der Waals surface area contributed by atoms with Gasteiger partial charge in [-0.15, -0.1) is 0 Å². The van der Waals surface area contributed by atoms with Crippen molar-refractivity contribution in [3.8, 4) is 0 Å². The fourth-order valence-corrected chi connectivity index (χ4v) is 2.27. The molecule has 0 bridgehead atoms. The Morgan fingerprint density at radius 2 is 1.38 bits per heavy atom. The molecule has 102 valence electrons. The Morgan fingerprint density at radius 3 is 2.05 bits per heavy atom. The van der Waals surface area contributed by atoms with Crippen LogP contribution < -0.4 is 0 Å². The molecule has 0 unspecified atom stereocenters. The maximum atomic E-state index is 4.08. The molecule has 2 aromatic heterocycles. The normalized spacial score (nSPS) is 11.3. The van der Waals surface area contributed by atoms with Crippen molar-refractivity contribution in [2.75, 3.05) is 0 Å². The average molecular weight is 272 g/mol. The minimum Gasteiger partial charge on any atom is -0.265 e. The first-order valence-corrected chi connectivity index (χ1v) is 6.97. The van der Waals surface area contributed by atoms with E-state index in [1.807, 2.05) is 43.0 Å². The highest BCUT2D eigenvalue weighted by Crippen LogP contribution is 2.22. The molecule has 2 heterocycles. The molecule has 0 N–H and O–H groups in total. The van der Waals surface area contributed by atoms with Crippen LogP contribution in [0.5, 0.6) is 0 Å². The Bertz CT molecular complexity index is 704. The zero-order chi connectivity index (χ0) is 14.3. The zero-order valence-electron chi connectivity index (χ0n) is 11.7. The van der Waals surface area contributed by atoms with Crippen molar-refractivity contribution in [2.24, 2.45) is 0 Å². The van der Waals surface area contributed by atoms with Gasteiger partial charge in [0.1, 0.15) is 0 Å². The van der Waals surface area contributed by atoms with Crippen LogP contribution >= 0.6 is 0 Å². The third-order valence-corrected chi connectivity index (χ3v) is 3.34. The van der Waals surface area contributed by atoms with Gasteiger partial charge in [0.25, 0.3) is 0 Å². The quantitative estimate of drug-likeness (QED) is 0.709. The number of nitrogens with zero attached hydrogens (tertiary/aromatic N) is 2. The van der Waals surface area contributed by atoms with Crippen molar-refractivity contribution in [3.05, 3.63) is 96.1 Å². The maximum absolute atomic E-state index is 4.08. The lowest BCUT2D eigenvalue weighted by molar-refractivity contribution is 1.22. The topological polar surface area (TPSA) is 25.8 Å². The zero-order valence-corrected chi connectivity index (χ0v) is 11.7. The molecule has 0 saturated carbocycles. The van der Waals surface area contributed by atoms with E-state index >= 15 is 0 Å². The number of benzene rings is 1. The lowest BCUT2D eigenvalue weighted by Crippen LogP contribution is -1.91. The van der Waals surface area contributed by atoms with Gasteiger partial charge in [-0.1, -0.05) is 36.4 Å². The molecule has 3 rings (SSSR count). The van der Waals surface area contributed by atoms with Crippen LogP contribution in [-0.2, 0) is 6.42 Å². The van der Waals surface area contributed by atoms with E-state index in [0.29, 0.717) is 0 Å². The Morgan fingerprint density at radius 1 is 0.762 bits per heavy atom. The number of hydrogen-bond acceptors (Lipinski definition) is 2. The molecular formula is C19H16N2. The van der Waals surface area contributed by atoms with Crippen molar-refractivity contribution in [1.82, 2.24) is 9.97 Å². The summed E-state index contributed by atoms with van der Waals surface area (Å²) in [5.74, 6) is 0. The molecule has 0 spiro atoms. The number of allylic oxidation sites excluding steroid dienone is 1. The lowest BCUT2D eigenvalue weighted by Gasteiger charge is -2.08. The van der Waals surface area contributed by atoms with Gasteiger partial charge >= 0.3 is 0 Å². The average Bonchev–Trinajstić information content (AvgIpc) is 2.57. The van der Waals surface area contributed by atoms with Crippen molar-refractivity contribution in [1.29, 1.82) is 0 Å². The van der Waals surface area contributed by atoms with E-state index in [4.69, 9.17) is 0 Å². The summed E-state index contributed by atoms with van der Waals surface area (Å²) < 4.78 is 0. The fraction of sp³-hybridized carbons (Fsp3) is 0.0526. The Hall–Kier alpha value is -2.74. The molecule has 21 heavy (non-hydrogen) atoms. The summed E-state index contributed by atoms with van der Waals surface area (Å²) >= 11 is 0. The van der Waals surface area contributed by atoms with Gasteiger partial charge in [0.15, 0.2) is 0 Å². The van der Waals surface area contributed by atoms with Gasteiger partial charge in [0, 0.05) is 24.8 Å². The molecule has 0 radical (unpaired) electrons. The van der Waals surface area contributed by atoms with Crippen LogP contribution in [0.25, 0.3) is 11.6 Å². The molecule has 0 fully saturated rings. The second-order valence-corrected chi connectivity index (χ2v) is 4.85. The van der Waals surface area contributed by atoms with Crippen LogP contribution in [0.15, 0.2) is 79.4 Å². The Kier molecular flexibility index (Phi) is 4.18. The lowest BCUT2D eigenvalue weighted by atomic mass is 9.97. The minimum absolute atomic E-state index is 0.884. The molecule has 0 aliphatic rings. The van der Waals surface area contributed by atoms with Crippen LogP contribution in [0.2, 0.25) is 0 Å². The molecule has 0 amide bonds. The summed E-state index contributed by atoms with van der Waals surface area (Å²) in [7, 11) is 0. The molecule has 3 aromatic rings. The summed E-state index contributed by atoms with van der Waals surface area (Å²) in [6, 6.07) is 18.6. The number of hydrogen-bond donors (Lipinski definition) is 0. The van der Waals surface area contributed by atoms with E-state index in [2.05, 4.69) is 52.4 Å². The van der Waals surface area contributed by atoms with E-state index in [-0.39, 0.29) is 0 Å². The Balaban J connectivity index is 1.97. The third-order valence-electron chi connectivity index (χ3n) is 3.34. The van der Waals surface area contributed by atoms with Crippen LogP contribution in [0, 0.1) is 0 Å². The summed E-state index contributed by atoms with van der Waals surface area (Å²) in [6.45, 7) is 0. The smallest absolute Gasteiger partial charge is 0.0273 e. The van der Waals surface area contributed by atoms with E-state index in [1.165, 1.54) is 16.7 Å². The van der Waals surface area contributed by atoms with Gasteiger partial charge in [0.2, 0.25) is 0 Å². The number of pyridine rings is 2. The second-order valence-electron chi connectivity index (χ2n) is 4.85. The maximum Gasteiger partial charge on any atom is 0.0273 e. The van der Waals surface area contributed by atoms with Gasteiger partial charge in [-0.25, -0.2) is 0 Å². The van der Waals surface area contributed by atoms with Gasteiger partial charge in [-0.2, -0.15) is 0 Å². The van der Waals surface area contributed by atoms with Crippen LogP contribution in [-0.4, -0.2) is 9.97 Å². The van der Waals surface area contributed by atoms with Crippen molar-refractivity contribution < 1.29 is 0 Å². The van der Waals surface area contributed by atoms with E-state index < -0.39 is 0 Å². The molecule has 0 atom stereocenters. The SMILES string of the molecule is C(=C(Cc1ccncc1)c1ccccc1)c1ccncc1. The number of rotatable bonds is 4. The molecule has 0 aliphatic carbocycles. The predicted molar refractivity (Wildman–Crippen MR) is 86.5 cm³/mol. The molecular weight excluding hydrogens is 256 g/mol. The summed E-state index contributed by atoms with van der Waals surface area (Å²) in [6.07, 6.45) is 10.4. The van der Waals surface area contributed by atoms with Crippen molar-refractivity contribution in [2.45, 2.75) is 6.42 Å². The third kappa shape index (κ3) is 3.63. The minimum atomic E-state index is 0.884. The fourth-order valence-electron chi connectivity index (χ4n) is 2.27. The largest absolute Gasteiger partial charge is 0.265 e. The molecule has 2 nitrogen and oxygen atoms in total. The van der Waals surface area contributed by atoms with E-state index in [9.17, 15) is 0 Å².